The Kier molecular flexibility index (Phi) is 3.60. The van der Waals surface area contributed by atoms with Gasteiger partial charge in [-0.25, -0.2) is 0 Å². The summed E-state index contributed by atoms with van der Waals surface area (Å²) in [5, 5.41) is 3.24. The molecule has 3 rings (SSSR count). The van der Waals surface area contributed by atoms with E-state index in [0.717, 1.165) is 31.7 Å². The summed E-state index contributed by atoms with van der Waals surface area (Å²) in [6.45, 7) is 3.51. The van der Waals surface area contributed by atoms with E-state index in [-0.39, 0.29) is 5.91 Å². The molecule has 1 N–H and O–H groups in total. The van der Waals surface area contributed by atoms with Crippen LogP contribution in [0, 0.1) is 0 Å². The summed E-state index contributed by atoms with van der Waals surface area (Å²) >= 11 is 0. The standard InChI is InChI=1S/C15H18N2O3/c1-19-13-4-2-3-11-9-12(10-20-14(11)13)15(18)17-7-5-16-6-8-17/h2-4,9,16H,5-8,10H2,1H3. The molecule has 5 nitrogen and oxygen atoms in total. The van der Waals surface area contributed by atoms with Crippen molar-refractivity contribution in [2.75, 3.05) is 39.9 Å². The van der Waals surface area contributed by atoms with Crippen molar-refractivity contribution in [3.05, 3.63) is 29.3 Å². The number of para-hydroxylation sites is 1. The Balaban J connectivity index is 1.84. The molecule has 1 aromatic rings. The number of hydrogen-bond acceptors (Lipinski definition) is 4. The SMILES string of the molecule is COc1cccc2c1OCC(C(=O)N1CCNCC1)=C2. The number of ether oxygens (including phenoxy) is 2. The number of nitrogens with zero attached hydrogens (tertiary/aromatic N) is 1. The molecule has 1 amide bonds. The second-order valence-corrected chi connectivity index (χ2v) is 4.88. The predicted molar refractivity (Wildman–Crippen MR) is 75.9 cm³/mol. The lowest BCUT2D eigenvalue weighted by Crippen LogP contribution is -2.47. The topological polar surface area (TPSA) is 50.8 Å². The van der Waals surface area contributed by atoms with Gasteiger partial charge < -0.3 is 19.7 Å². The van der Waals surface area contributed by atoms with Crippen LogP contribution in [0.1, 0.15) is 5.56 Å². The van der Waals surface area contributed by atoms with Gasteiger partial charge >= 0.3 is 0 Å². The average Bonchev–Trinajstić information content (AvgIpc) is 2.53. The Morgan fingerprint density at radius 2 is 2.15 bits per heavy atom. The number of amides is 1. The number of carbonyl (C=O) groups excluding carboxylic acids is 1. The second-order valence-electron chi connectivity index (χ2n) is 4.88. The summed E-state index contributed by atoms with van der Waals surface area (Å²) in [5.41, 5.74) is 1.60. The molecule has 0 bridgehead atoms. The van der Waals surface area contributed by atoms with Gasteiger partial charge in [0.25, 0.3) is 5.91 Å². The number of hydrogen-bond donors (Lipinski definition) is 1. The Morgan fingerprint density at radius 1 is 1.35 bits per heavy atom. The molecule has 0 radical (unpaired) electrons. The van der Waals surface area contributed by atoms with Crippen LogP contribution in [0.5, 0.6) is 11.5 Å². The van der Waals surface area contributed by atoms with Crippen LogP contribution in [0.2, 0.25) is 0 Å². The molecule has 1 fully saturated rings. The number of carbonyl (C=O) groups is 1. The molecular weight excluding hydrogens is 256 g/mol. The van der Waals surface area contributed by atoms with E-state index in [2.05, 4.69) is 5.32 Å². The van der Waals surface area contributed by atoms with E-state index in [9.17, 15) is 4.79 Å². The summed E-state index contributed by atoms with van der Waals surface area (Å²) in [6.07, 6.45) is 1.91. The highest BCUT2D eigenvalue weighted by molar-refractivity contribution is 5.99. The molecule has 0 unspecified atom stereocenters. The van der Waals surface area contributed by atoms with E-state index in [0.29, 0.717) is 23.7 Å². The summed E-state index contributed by atoms with van der Waals surface area (Å²) < 4.78 is 11.0. The van der Waals surface area contributed by atoms with Crippen LogP contribution in [-0.2, 0) is 4.79 Å². The van der Waals surface area contributed by atoms with Crippen molar-refractivity contribution in [3.63, 3.8) is 0 Å². The van der Waals surface area contributed by atoms with E-state index < -0.39 is 0 Å². The van der Waals surface area contributed by atoms with E-state index in [1.165, 1.54) is 0 Å². The maximum atomic E-state index is 12.4. The van der Waals surface area contributed by atoms with Crippen molar-refractivity contribution in [2.24, 2.45) is 0 Å². The van der Waals surface area contributed by atoms with Crippen molar-refractivity contribution in [3.8, 4) is 11.5 Å². The highest BCUT2D eigenvalue weighted by Gasteiger charge is 2.24. The summed E-state index contributed by atoms with van der Waals surface area (Å²) in [5.74, 6) is 1.49. The molecule has 0 saturated carbocycles. The maximum absolute atomic E-state index is 12.4. The first-order chi connectivity index (χ1) is 9.79. The van der Waals surface area contributed by atoms with Gasteiger partial charge in [0.15, 0.2) is 11.5 Å². The van der Waals surface area contributed by atoms with Crippen molar-refractivity contribution in [2.45, 2.75) is 0 Å². The third-order valence-corrected chi connectivity index (χ3v) is 3.61. The molecule has 0 aliphatic carbocycles. The molecule has 106 valence electrons. The lowest BCUT2D eigenvalue weighted by molar-refractivity contribution is -0.128. The Morgan fingerprint density at radius 3 is 2.90 bits per heavy atom. The molecule has 2 aliphatic rings. The summed E-state index contributed by atoms with van der Waals surface area (Å²) in [7, 11) is 1.62. The zero-order chi connectivity index (χ0) is 13.9. The third-order valence-electron chi connectivity index (χ3n) is 3.61. The quantitative estimate of drug-likeness (QED) is 0.870. The summed E-state index contributed by atoms with van der Waals surface area (Å²) in [4.78, 5) is 14.3. The fourth-order valence-electron chi connectivity index (χ4n) is 2.54. The first-order valence-corrected chi connectivity index (χ1v) is 6.80. The van der Waals surface area contributed by atoms with Gasteiger partial charge in [-0.05, 0) is 12.1 Å². The molecule has 5 heteroatoms. The lowest BCUT2D eigenvalue weighted by Gasteiger charge is -2.29. The van der Waals surface area contributed by atoms with Crippen LogP contribution in [0.15, 0.2) is 23.8 Å². The molecule has 0 spiro atoms. The van der Waals surface area contributed by atoms with Crippen molar-refractivity contribution >= 4 is 12.0 Å². The fourth-order valence-corrected chi connectivity index (χ4v) is 2.54. The first kappa shape index (κ1) is 13.0. The van der Waals surface area contributed by atoms with Crippen LogP contribution in [-0.4, -0.2) is 50.7 Å². The number of nitrogens with one attached hydrogen (secondary N) is 1. The van der Waals surface area contributed by atoms with Crippen LogP contribution in [0.25, 0.3) is 6.08 Å². The minimum Gasteiger partial charge on any atom is -0.493 e. The lowest BCUT2D eigenvalue weighted by atomic mass is 10.1. The smallest absolute Gasteiger partial charge is 0.253 e. The van der Waals surface area contributed by atoms with Crippen molar-refractivity contribution < 1.29 is 14.3 Å². The van der Waals surface area contributed by atoms with Crippen LogP contribution >= 0.6 is 0 Å². The molecule has 0 atom stereocenters. The fraction of sp³-hybridized carbons (Fsp3) is 0.400. The van der Waals surface area contributed by atoms with Crippen LogP contribution in [0.3, 0.4) is 0 Å². The minimum atomic E-state index is 0.0694. The second kappa shape index (κ2) is 5.54. The monoisotopic (exact) mass is 274 g/mol. The number of rotatable bonds is 2. The minimum absolute atomic E-state index is 0.0694. The largest absolute Gasteiger partial charge is 0.493 e. The van der Waals surface area contributed by atoms with Gasteiger partial charge in [0.1, 0.15) is 6.61 Å². The van der Waals surface area contributed by atoms with Gasteiger partial charge in [-0.1, -0.05) is 12.1 Å². The van der Waals surface area contributed by atoms with Gasteiger partial charge in [-0.3, -0.25) is 4.79 Å². The molecule has 20 heavy (non-hydrogen) atoms. The van der Waals surface area contributed by atoms with Crippen molar-refractivity contribution in [1.82, 2.24) is 10.2 Å². The molecular formula is C15H18N2O3. The molecule has 1 saturated heterocycles. The van der Waals surface area contributed by atoms with E-state index >= 15 is 0 Å². The van der Waals surface area contributed by atoms with E-state index in [1.54, 1.807) is 7.11 Å². The number of methoxy groups -OCH3 is 1. The molecule has 1 aromatic carbocycles. The van der Waals surface area contributed by atoms with Gasteiger partial charge in [-0.15, -0.1) is 0 Å². The average molecular weight is 274 g/mol. The van der Waals surface area contributed by atoms with Crippen LogP contribution in [0.4, 0.5) is 0 Å². The Bertz CT molecular complexity index is 548. The van der Waals surface area contributed by atoms with Gasteiger partial charge in [0.05, 0.1) is 12.7 Å². The predicted octanol–water partition coefficient (Wildman–Crippen LogP) is 0.903. The zero-order valence-corrected chi connectivity index (χ0v) is 11.5. The highest BCUT2D eigenvalue weighted by atomic mass is 16.5. The molecule has 2 aliphatic heterocycles. The Hall–Kier alpha value is -2.01. The van der Waals surface area contributed by atoms with Crippen molar-refractivity contribution in [1.29, 1.82) is 0 Å². The Labute approximate surface area is 118 Å². The molecule has 0 aromatic heterocycles. The first-order valence-electron chi connectivity index (χ1n) is 6.80. The van der Waals surface area contributed by atoms with E-state index in [4.69, 9.17) is 9.47 Å². The summed E-state index contributed by atoms with van der Waals surface area (Å²) in [6, 6.07) is 5.69. The molecule has 2 heterocycles. The van der Waals surface area contributed by atoms with Crippen LogP contribution < -0.4 is 14.8 Å². The van der Waals surface area contributed by atoms with Gasteiger partial charge in [0, 0.05) is 31.7 Å². The highest BCUT2D eigenvalue weighted by Crippen LogP contribution is 2.35. The van der Waals surface area contributed by atoms with Gasteiger partial charge in [-0.2, -0.15) is 0 Å². The third kappa shape index (κ3) is 2.36. The van der Waals surface area contributed by atoms with E-state index in [1.807, 2.05) is 29.2 Å². The number of piperazine rings is 1. The van der Waals surface area contributed by atoms with Gasteiger partial charge in [0.2, 0.25) is 0 Å². The zero-order valence-electron chi connectivity index (χ0n) is 11.5. The maximum Gasteiger partial charge on any atom is 0.253 e. The number of benzene rings is 1. The number of fused-ring (bicyclic) bond motifs is 1. The normalized spacial score (nSPS) is 17.9.